The summed E-state index contributed by atoms with van der Waals surface area (Å²) in [5.74, 6) is 0. The first-order valence-corrected chi connectivity index (χ1v) is 9.77. The first-order valence-electron chi connectivity index (χ1n) is 8.37. The lowest BCUT2D eigenvalue weighted by Crippen LogP contribution is -2.39. The third-order valence-corrected chi connectivity index (χ3v) is 6.33. The summed E-state index contributed by atoms with van der Waals surface area (Å²) < 4.78 is 29.8. The molecule has 3 rings (SSSR count). The second kappa shape index (κ2) is 6.81. The lowest BCUT2D eigenvalue weighted by atomic mass is 10.1. The van der Waals surface area contributed by atoms with Crippen LogP contribution in [0.1, 0.15) is 44.5 Å². The number of rotatable bonds is 5. The van der Waals surface area contributed by atoms with E-state index in [1.165, 1.54) is 8.61 Å². The highest BCUT2D eigenvalue weighted by molar-refractivity contribution is 7.86. The molecule has 0 unspecified atom stereocenters. The zero-order chi connectivity index (χ0) is 18.2. The molecule has 1 aliphatic rings. The topological polar surface area (TPSA) is 84.2 Å². The van der Waals surface area contributed by atoms with Crippen LogP contribution in [-0.4, -0.2) is 57.4 Å². The van der Waals surface area contributed by atoms with Crippen LogP contribution in [-0.2, 0) is 10.2 Å². The predicted molar refractivity (Wildman–Crippen MR) is 94.9 cm³/mol. The summed E-state index contributed by atoms with van der Waals surface area (Å²) in [7, 11) is -0.382. The van der Waals surface area contributed by atoms with Crippen molar-refractivity contribution in [2.45, 2.75) is 38.8 Å². The molecule has 3 heterocycles. The largest absolute Gasteiger partial charge is 0.282 e. The summed E-state index contributed by atoms with van der Waals surface area (Å²) in [6.07, 6.45) is 6.65. The SMILES string of the molecule is CC(C)n1nccc1-c1cncc([C@@H]2CCCN2S(=O)(=O)N(C)C)n1. The molecule has 2 aromatic rings. The first-order chi connectivity index (χ1) is 11.8. The van der Waals surface area contributed by atoms with E-state index in [0.717, 1.165) is 18.5 Å². The van der Waals surface area contributed by atoms with Crippen LogP contribution in [0.3, 0.4) is 0 Å². The van der Waals surface area contributed by atoms with Crippen molar-refractivity contribution in [1.82, 2.24) is 28.4 Å². The van der Waals surface area contributed by atoms with Gasteiger partial charge >= 0.3 is 0 Å². The van der Waals surface area contributed by atoms with Gasteiger partial charge in [-0.1, -0.05) is 0 Å². The van der Waals surface area contributed by atoms with Gasteiger partial charge in [-0.3, -0.25) is 9.67 Å². The molecular weight excluding hydrogens is 340 g/mol. The number of hydrogen-bond donors (Lipinski definition) is 0. The van der Waals surface area contributed by atoms with Crippen LogP contribution >= 0.6 is 0 Å². The second-order valence-corrected chi connectivity index (χ2v) is 8.74. The Bertz CT molecular complexity index is 846. The van der Waals surface area contributed by atoms with Crippen molar-refractivity contribution in [3.05, 3.63) is 30.4 Å². The third-order valence-electron chi connectivity index (χ3n) is 4.38. The summed E-state index contributed by atoms with van der Waals surface area (Å²) in [6.45, 7) is 4.60. The van der Waals surface area contributed by atoms with Gasteiger partial charge in [0.25, 0.3) is 10.2 Å². The van der Waals surface area contributed by atoms with Crippen molar-refractivity contribution in [2.24, 2.45) is 0 Å². The summed E-state index contributed by atoms with van der Waals surface area (Å²) in [5, 5.41) is 4.33. The molecule has 8 nitrogen and oxygen atoms in total. The Balaban J connectivity index is 1.98. The van der Waals surface area contributed by atoms with Crippen LogP contribution in [0.5, 0.6) is 0 Å². The van der Waals surface area contributed by atoms with E-state index in [2.05, 4.69) is 23.9 Å². The van der Waals surface area contributed by atoms with Gasteiger partial charge in [0.05, 0.1) is 29.8 Å². The maximum atomic E-state index is 12.6. The van der Waals surface area contributed by atoms with Gasteiger partial charge in [0.15, 0.2) is 0 Å². The second-order valence-electron chi connectivity index (χ2n) is 6.64. The summed E-state index contributed by atoms with van der Waals surface area (Å²) in [4.78, 5) is 9.02. The molecule has 1 saturated heterocycles. The van der Waals surface area contributed by atoms with Gasteiger partial charge in [-0.2, -0.15) is 22.1 Å². The Kier molecular flexibility index (Phi) is 4.90. The maximum absolute atomic E-state index is 12.6. The minimum Gasteiger partial charge on any atom is -0.261 e. The Hall–Kier alpha value is -1.84. The number of aromatic nitrogens is 4. The molecule has 9 heteroatoms. The molecule has 1 fully saturated rings. The summed E-state index contributed by atoms with van der Waals surface area (Å²) in [6, 6.07) is 1.82. The number of nitrogens with zero attached hydrogens (tertiary/aromatic N) is 6. The van der Waals surface area contributed by atoms with E-state index < -0.39 is 10.2 Å². The molecule has 0 bridgehead atoms. The van der Waals surface area contributed by atoms with Gasteiger partial charge in [0.1, 0.15) is 5.69 Å². The molecule has 1 atom stereocenters. The van der Waals surface area contributed by atoms with Crippen molar-refractivity contribution in [1.29, 1.82) is 0 Å². The third kappa shape index (κ3) is 3.31. The summed E-state index contributed by atoms with van der Waals surface area (Å²) >= 11 is 0. The molecule has 0 amide bonds. The molecule has 0 aliphatic carbocycles. The van der Waals surface area contributed by atoms with Gasteiger partial charge in [-0.05, 0) is 32.8 Å². The Labute approximate surface area is 148 Å². The molecule has 1 aliphatic heterocycles. The lowest BCUT2D eigenvalue weighted by Gasteiger charge is -2.26. The van der Waals surface area contributed by atoms with Gasteiger partial charge in [0, 0.05) is 32.9 Å². The normalized spacial score (nSPS) is 19.2. The first kappa shape index (κ1) is 18.0. The minimum absolute atomic E-state index is 0.201. The number of hydrogen-bond acceptors (Lipinski definition) is 5. The molecule has 2 aromatic heterocycles. The maximum Gasteiger partial charge on any atom is 0.282 e. The molecule has 0 saturated carbocycles. The molecule has 136 valence electrons. The molecule has 25 heavy (non-hydrogen) atoms. The molecule has 0 aromatic carbocycles. The Morgan fingerprint density at radius 1 is 1.28 bits per heavy atom. The molecule has 0 radical (unpaired) electrons. The quantitative estimate of drug-likeness (QED) is 0.808. The van der Waals surface area contributed by atoms with Crippen molar-refractivity contribution >= 4 is 10.2 Å². The van der Waals surface area contributed by atoms with Crippen LogP contribution < -0.4 is 0 Å². The monoisotopic (exact) mass is 364 g/mol. The zero-order valence-corrected chi connectivity index (χ0v) is 15.8. The van der Waals surface area contributed by atoms with Crippen LogP contribution in [0.2, 0.25) is 0 Å². The predicted octanol–water partition coefficient (Wildman–Crippen LogP) is 1.86. The Morgan fingerprint density at radius 2 is 2.04 bits per heavy atom. The molecule has 0 spiro atoms. The van der Waals surface area contributed by atoms with E-state index in [1.54, 1.807) is 32.7 Å². The fraction of sp³-hybridized carbons (Fsp3) is 0.562. The zero-order valence-electron chi connectivity index (χ0n) is 15.0. The smallest absolute Gasteiger partial charge is 0.261 e. The highest BCUT2D eigenvalue weighted by atomic mass is 32.2. The Morgan fingerprint density at radius 3 is 2.72 bits per heavy atom. The van der Waals surface area contributed by atoms with Crippen LogP contribution in [0, 0.1) is 0 Å². The van der Waals surface area contributed by atoms with Crippen molar-refractivity contribution < 1.29 is 8.42 Å². The van der Waals surface area contributed by atoms with Gasteiger partial charge in [0.2, 0.25) is 0 Å². The van der Waals surface area contributed by atoms with E-state index >= 15 is 0 Å². The average molecular weight is 364 g/mol. The van der Waals surface area contributed by atoms with E-state index in [-0.39, 0.29) is 12.1 Å². The van der Waals surface area contributed by atoms with E-state index in [1.807, 2.05) is 10.7 Å². The lowest BCUT2D eigenvalue weighted by molar-refractivity contribution is 0.357. The minimum atomic E-state index is -3.48. The van der Waals surface area contributed by atoms with Crippen LogP contribution in [0.15, 0.2) is 24.7 Å². The fourth-order valence-corrected chi connectivity index (χ4v) is 4.43. The van der Waals surface area contributed by atoms with E-state index in [4.69, 9.17) is 4.98 Å². The van der Waals surface area contributed by atoms with Crippen molar-refractivity contribution in [2.75, 3.05) is 20.6 Å². The standard InChI is InChI=1S/C16H24N6O2S/c1-12(2)22-16(7-8-18-22)14-11-17-10-13(19-14)15-6-5-9-21(15)25(23,24)20(3)4/h7-8,10-12,15H,5-6,9H2,1-4H3/t15-/m0/s1. The molecule has 0 N–H and O–H groups in total. The average Bonchev–Trinajstić information content (AvgIpc) is 3.24. The summed E-state index contributed by atoms with van der Waals surface area (Å²) in [5.41, 5.74) is 2.26. The van der Waals surface area contributed by atoms with E-state index in [0.29, 0.717) is 17.9 Å². The van der Waals surface area contributed by atoms with Gasteiger partial charge in [-0.25, -0.2) is 4.98 Å². The highest BCUT2D eigenvalue weighted by Gasteiger charge is 2.37. The van der Waals surface area contributed by atoms with Gasteiger partial charge < -0.3 is 0 Å². The van der Waals surface area contributed by atoms with Crippen LogP contribution in [0.4, 0.5) is 0 Å². The van der Waals surface area contributed by atoms with E-state index in [9.17, 15) is 8.42 Å². The van der Waals surface area contributed by atoms with Crippen molar-refractivity contribution in [3.8, 4) is 11.4 Å². The van der Waals surface area contributed by atoms with Crippen molar-refractivity contribution in [3.63, 3.8) is 0 Å². The highest BCUT2D eigenvalue weighted by Crippen LogP contribution is 2.34. The van der Waals surface area contributed by atoms with Crippen LogP contribution in [0.25, 0.3) is 11.4 Å². The molecular formula is C16H24N6O2S. The van der Waals surface area contributed by atoms with Gasteiger partial charge in [-0.15, -0.1) is 0 Å². The fourth-order valence-electron chi connectivity index (χ4n) is 3.12.